The molecule has 2 aromatic carbocycles. The molecule has 0 fully saturated rings. The number of hydrogen-bond donors (Lipinski definition) is 1. The fraction of sp³-hybridized carbons (Fsp3) is 0.333. The number of anilines is 1. The monoisotopic (exact) mass is 393 g/mol. The van der Waals surface area contributed by atoms with Crippen molar-refractivity contribution in [3.05, 3.63) is 70.5 Å². The summed E-state index contributed by atoms with van der Waals surface area (Å²) in [5.41, 5.74) is 3.57. The molecule has 1 unspecified atom stereocenters. The van der Waals surface area contributed by atoms with Crippen molar-refractivity contribution in [3.8, 4) is 5.75 Å². The van der Waals surface area contributed by atoms with Crippen LogP contribution in [-0.4, -0.2) is 23.9 Å². The van der Waals surface area contributed by atoms with Crippen LogP contribution in [0.5, 0.6) is 5.75 Å². The van der Waals surface area contributed by atoms with E-state index < -0.39 is 17.7 Å². The van der Waals surface area contributed by atoms with E-state index >= 15 is 0 Å². The number of hydrogen-bond acceptors (Lipinski definition) is 4. The summed E-state index contributed by atoms with van der Waals surface area (Å²) in [6.07, 6.45) is 0.264. The molecule has 1 atom stereocenters. The van der Waals surface area contributed by atoms with Crippen LogP contribution >= 0.6 is 0 Å². The quantitative estimate of drug-likeness (QED) is 0.763. The summed E-state index contributed by atoms with van der Waals surface area (Å²) in [7, 11) is 1.58. The molecule has 0 aromatic heterocycles. The molecule has 0 aliphatic carbocycles. The Morgan fingerprint density at radius 1 is 1.14 bits per heavy atom. The number of carbonyl (C=O) groups excluding carboxylic acids is 2. The molecular weight excluding hydrogens is 366 g/mol. The number of ether oxygens (including phenoxy) is 1. The second kappa shape index (κ2) is 8.11. The molecule has 3 rings (SSSR count). The van der Waals surface area contributed by atoms with E-state index in [1.54, 1.807) is 19.2 Å². The molecule has 2 aromatic rings. The van der Waals surface area contributed by atoms with Crippen molar-refractivity contribution in [1.29, 1.82) is 0 Å². The maximum Gasteiger partial charge on any atom is 0.294 e. The lowest BCUT2D eigenvalue weighted by atomic mass is 9.91. The number of aliphatic hydroxyl groups is 1. The number of carbonyl (C=O) groups is 2. The van der Waals surface area contributed by atoms with E-state index in [2.05, 4.69) is 0 Å². The SMILES string of the molecule is COc1ccc(C2C(C(=O)CC(C)C)=C(O)C(=O)N2c2ccc(C)cc2C)cc1. The molecule has 1 N–H and O–H groups in total. The predicted molar refractivity (Wildman–Crippen MR) is 113 cm³/mol. The molecule has 1 aliphatic rings. The molecule has 5 nitrogen and oxygen atoms in total. The maximum atomic E-state index is 13.1. The second-order valence-electron chi connectivity index (χ2n) is 7.92. The van der Waals surface area contributed by atoms with E-state index in [4.69, 9.17) is 4.74 Å². The summed E-state index contributed by atoms with van der Waals surface area (Å²) in [4.78, 5) is 27.6. The highest BCUT2D eigenvalue weighted by Crippen LogP contribution is 2.43. The lowest BCUT2D eigenvalue weighted by Gasteiger charge is -2.28. The number of nitrogens with zero attached hydrogens (tertiary/aromatic N) is 1. The van der Waals surface area contributed by atoms with Crippen LogP contribution in [0.2, 0.25) is 0 Å². The van der Waals surface area contributed by atoms with Gasteiger partial charge in [-0.05, 0) is 49.1 Å². The molecule has 1 heterocycles. The fourth-order valence-electron chi connectivity index (χ4n) is 3.80. The number of Topliss-reactive ketones (excluding diaryl/α,β-unsaturated/α-hetero) is 1. The number of methoxy groups -OCH3 is 1. The molecular formula is C24H27NO4. The zero-order chi connectivity index (χ0) is 21.3. The van der Waals surface area contributed by atoms with Crippen molar-refractivity contribution < 1.29 is 19.4 Å². The smallest absolute Gasteiger partial charge is 0.294 e. The third-order valence-electron chi connectivity index (χ3n) is 5.15. The normalized spacial score (nSPS) is 16.7. The topological polar surface area (TPSA) is 66.8 Å². The van der Waals surface area contributed by atoms with Gasteiger partial charge in [-0.1, -0.05) is 43.7 Å². The maximum absolute atomic E-state index is 13.1. The standard InChI is InChI=1S/C24H27NO4/c1-14(2)12-20(26)21-22(17-7-9-18(29-5)10-8-17)25(24(28)23(21)27)19-11-6-15(3)13-16(19)4/h6-11,13-14,22,27H,12H2,1-5H3. The predicted octanol–water partition coefficient (Wildman–Crippen LogP) is 4.83. The summed E-state index contributed by atoms with van der Waals surface area (Å²) >= 11 is 0. The lowest BCUT2D eigenvalue weighted by molar-refractivity contribution is -0.118. The first-order valence-electron chi connectivity index (χ1n) is 9.75. The second-order valence-corrected chi connectivity index (χ2v) is 7.92. The average molecular weight is 393 g/mol. The summed E-state index contributed by atoms with van der Waals surface area (Å²) in [6, 6.07) is 12.3. The first-order chi connectivity index (χ1) is 13.7. The van der Waals surface area contributed by atoms with E-state index in [1.807, 2.05) is 58.0 Å². The van der Waals surface area contributed by atoms with Crippen LogP contribution in [0.3, 0.4) is 0 Å². The minimum absolute atomic E-state index is 0.115. The number of benzene rings is 2. The van der Waals surface area contributed by atoms with Crippen molar-refractivity contribution in [3.63, 3.8) is 0 Å². The third kappa shape index (κ3) is 3.90. The van der Waals surface area contributed by atoms with Crippen molar-refractivity contribution in [2.75, 3.05) is 12.0 Å². The highest BCUT2D eigenvalue weighted by atomic mass is 16.5. The van der Waals surface area contributed by atoms with Gasteiger partial charge in [0, 0.05) is 12.1 Å². The third-order valence-corrected chi connectivity index (χ3v) is 5.15. The Bertz CT molecular complexity index is 973. The highest BCUT2D eigenvalue weighted by Gasteiger charge is 2.44. The first kappa shape index (κ1) is 20.6. The Balaban J connectivity index is 2.16. The van der Waals surface area contributed by atoms with Crippen LogP contribution < -0.4 is 9.64 Å². The summed E-state index contributed by atoms with van der Waals surface area (Å²) in [5.74, 6) is -0.427. The fourth-order valence-corrected chi connectivity index (χ4v) is 3.80. The van der Waals surface area contributed by atoms with Crippen LogP contribution in [0, 0.1) is 19.8 Å². The van der Waals surface area contributed by atoms with Crippen LogP contribution in [0.25, 0.3) is 0 Å². The molecule has 0 radical (unpaired) electrons. The van der Waals surface area contributed by atoms with Gasteiger partial charge in [0.1, 0.15) is 5.75 Å². The van der Waals surface area contributed by atoms with Gasteiger partial charge in [-0.15, -0.1) is 0 Å². The molecule has 0 spiro atoms. The van der Waals surface area contributed by atoms with E-state index in [9.17, 15) is 14.7 Å². The molecule has 0 saturated carbocycles. The van der Waals surface area contributed by atoms with Gasteiger partial charge in [-0.2, -0.15) is 0 Å². The molecule has 29 heavy (non-hydrogen) atoms. The molecule has 0 bridgehead atoms. The lowest BCUT2D eigenvalue weighted by Crippen LogP contribution is -2.31. The van der Waals surface area contributed by atoms with Gasteiger partial charge < -0.3 is 9.84 Å². The van der Waals surface area contributed by atoms with Crippen molar-refractivity contribution >= 4 is 17.4 Å². The summed E-state index contributed by atoms with van der Waals surface area (Å²) in [6.45, 7) is 7.79. The van der Waals surface area contributed by atoms with Crippen LogP contribution in [0.15, 0.2) is 53.8 Å². The Hall–Kier alpha value is -3.08. The molecule has 1 aliphatic heterocycles. The molecule has 5 heteroatoms. The number of aliphatic hydroxyl groups excluding tert-OH is 1. The Kier molecular flexibility index (Phi) is 5.78. The molecule has 0 saturated heterocycles. The van der Waals surface area contributed by atoms with Gasteiger partial charge in [0.05, 0.1) is 18.7 Å². The number of ketones is 1. The number of aryl methyl sites for hydroxylation is 2. The van der Waals surface area contributed by atoms with Crippen LogP contribution in [-0.2, 0) is 9.59 Å². The average Bonchev–Trinajstić information content (AvgIpc) is 2.93. The largest absolute Gasteiger partial charge is 0.503 e. The van der Waals surface area contributed by atoms with Gasteiger partial charge in [0.2, 0.25) is 0 Å². The van der Waals surface area contributed by atoms with Crippen LogP contribution in [0.4, 0.5) is 5.69 Å². The van der Waals surface area contributed by atoms with Gasteiger partial charge >= 0.3 is 0 Å². The Morgan fingerprint density at radius 3 is 2.34 bits per heavy atom. The Labute approximate surface area is 171 Å². The summed E-state index contributed by atoms with van der Waals surface area (Å²) in [5, 5.41) is 10.7. The number of amides is 1. The van der Waals surface area contributed by atoms with Gasteiger partial charge in [0.25, 0.3) is 5.91 Å². The van der Waals surface area contributed by atoms with Crippen molar-refractivity contribution in [2.45, 2.75) is 40.2 Å². The van der Waals surface area contributed by atoms with E-state index in [-0.39, 0.29) is 23.7 Å². The Morgan fingerprint density at radius 2 is 1.79 bits per heavy atom. The summed E-state index contributed by atoms with van der Waals surface area (Å²) < 4.78 is 5.24. The minimum atomic E-state index is -0.680. The molecule has 152 valence electrons. The van der Waals surface area contributed by atoms with Gasteiger partial charge in [0.15, 0.2) is 11.5 Å². The zero-order valence-corrected chi connectivity index (χ0v) is 17.5. The van der Waals surface area contributed by atoms with E-state index in [0.717, 1.165) is 16.7 Å². The van der Waals surface area contributed by atoms with Crippen LogP contribution in [0.1, 0.15) is 43.0 Å². The highest BCUT2D eigenvalue weighted by molar-refractivity contribution is 6.16. The van der Waals surface area contributed by atoms with E-state index in [0.29, 0.717) is 11.4 Å². The van der Waals surface area contributed by atoms with Crippen molar-refractivity contribution in [1.82, 2.24) is 0 Å². The van der Waals surface area contributed by atoms with Gasteiger partial charge in [-0.25, -0.2) is 0 Å². The van der Waals surface area contributed by atoms with E-state index in [1.165, 1.54) is 4.90 Å². The molecule has 1 amide bonds. The minimum Gasteiger partial charge on any atom is -0.503 e. The number of rotatable bonds is 6. The zero-order valence-electron chi connectivity index (χ0n) is 17.5. The first-order valence-corrected chi connectivity index (χ1v) is 9.75. The van der Waals surface area contributed by atoms with Crippen molar-refractivity contribution in [2.24, 2.45) is 5.92 Å². The van der Waals surface area contributed by atoms with Gasteiger partial charge in [-0.3, -0.25) is 14.5 Å².